The number of benzene rings is 1. The number of aryl methyl sites for hydroxylation is 2. The van der Waals surface area contributed by atoms with Gasteiger partial charge in [-0.3, -0.25) is 4.79 Å². The van der Waals surface area contributed by atoms with Crippen molar-refractivity contribution in [3.63, 3.8) is 0 Å². The molecule has 4 heterocycles. The molecular formula is C26H27N7O2. The molecule has 1 saturated carbocycles. The van der Waals surface area contributed by atoms with Crippen molar-refractivity contribution in [2.24, 2.45) is 5.92 Å². The zero-order chi connectivity index (χ0) is 23.9. The summed E-state index contributed by atoms with van der Waals surface area (Å²) in [6.45, 7) is 5.54. The van der Waals surface area contributed by atoms with Crippen molar-refractivity contribution in [1.82, 2.24) is 29.3 Å². The summed E-state index contributed by atoms with van der Waals surface area (Å²) in [5.74, 6) is 2.63. The predicted octanol–water partition coefficient (Wildman–Crippen LogP) is 4.38. The van der Waals surface area contributed by atoms with E-state index in [1.807, 2.05) is 46.7 Å². The molecule has 0 spiro atoms. The number of nitrogens with zero attached hydrogens (tertiary/aromatic N) is 6. The van der Waals surface area contributed by atoms with Crippen molar-refractivity contribution in [3.8, 4) is 23.0 Å². The fourth-order valence-electron chi connectivity index (χ4n) is 4.64. The van der Waals surface area contributed by atoms with E-state index in [1.165, 1.54) is 6.42 Å². The number of hydrogen-bond donors (Lipinski definition) is 1. The quantitative estimate of drug-likeness (QED) is 0.468. The van der Waals surface area contributed by atoms with Crippen molar-refractivity contribution in [2.75, 3.05) is 11.9 Å². The van der Waals surface area contributed by atoms with Gasteiger partial charge in [-0.15, -0.1) is 10.2 Å². The summed E-state index contributed by atoms with van der Waals surface area (Å²) in [7, 11) is 0. The molecule has 178 valence electrons. The molecule has 1 aliphatic heterocycles. The molecule has 9 heteroatoms. The number of amides is 1. The first-order valence-electron chi connectivity index (χ1n) is 12.0. The molecule has 35 heavy (non-hydrogen) atoms. The minimum absolute atomic E-state index is 0.277. The highest BCUT2D eigenvalue weighted by Gasteiger charge is 2.35. The number of pyridine rings is 1. The maximum Gasteiger partial charge on any atom is 0.260 e. The van der Waals surface area contributed by atoms with Gasteiger partial charge in [0.25, 0.3) is 5.91 Å². The third-order valence-electron chi connectivity index (χ3n) is 6.80. The molecule has 1 aromatic carbocycles. The Labute approximate surface area is 203 Å². The van der Waals surface area contributed by atoms with Gasteiger partial charge in [0.1, 0.15) is 23.6 Å². The van der Waals surface area contributed by atoms with Crippen LogP contribution in [0, 0.1) is 12.8 Å². The number of ether oxygens (including phenoxy) is 1. The normalized spacial score (nSPS) is 19.7. The van der Waals surface area contributed by atoms with E-state index >= 15 is 0 Å². The summed E-state index contributed by atoms with van der Waals surface area (Å²) in [5, 5.41) is 11.2. The fourth-order valence-corrected chi connectivity index (χ4v) is 4.64. The van der Waals surface area contributed by atoms with Crippen molar-refractivity contribution in [3.05, 3.63) is 66.0 Å². The summed E-state index contributed by atoms with van der Waals surface area (Å²) in [5.41, 5.74) is 4.16. The first-order chi connectivity index (χ1) is 17.1. The van der Waals surface area contributed by atoms with E-state index in [1.54, 1.807) is 12.4 Å². The molecule has 1 unspecified atom stereocenters. The topological polar surface area (TPSA) is 99.8 Å². The van der Waals surface area contributed by atoms with Crippen LogP contribution in [0.5, 0.6) is 5.75 Å². The van der Waals surface area contributed by atoms with Crippen LogP contribution in [0.4, 0.5) is 5.82 Å². The van der Waals surface area contributed by atoms with Gasteiger partial charge >= 0.3 is 0 Å². The molecular weight excluding hydrogens is 442 g/mol. The van der Waals surface area contributed by atoms with Crippen LogP contribution in [0.2, 0.25) is 0 Å². The average molecular weight is 470 g/mol. The number of anilines is 1. The van der Waals surface area contributed by atoms with Crippen LogP contribution < -0.4 is 10.1 Å². The molecule has 2 aliphatic rings. The van der Waals surface area contributed by atoms with Gasteiger partial charge in [0.05, 0.1) is 29.9 Å². The molecule has 0 radical (unpaired) electrons. The molecule has 9 nitrogen and oxygen atoms in total. The van der Waals surface area contributed by atoms with Gasteiger partial charge in [0.15, 0.2) is 5.82 Å². The Morgan fingerprint density at radius 1 is 1.17 bits per heavy atom. The zero-order valence-corrected chi connectivity index (χ0v) is 19.8. The minimum Gasteiger partial charge on any atom is -0.493 e. The van der Waals surface area contributed by atoms with E-state index in [9.17, 15) is 4.79 Å². The van der Waals surface area contributed by atoms with Gasteiger partial charge in [-0.1, -0.05) is 13.0 Å². The van der Waals surface area contributed by atoms with Crippen LogP contribution in [0.25, 0.3) is 17.2 Å². The Hall–Kier alpha value is -4.01. The highest BCUT2D eigenvalue weighted by molar-refractivity contribution is 6.06. The van der Waals surface area contributed by atoms with Gasteiger partial charge in [0, 0.05) is 18.7 Å². The van der Waals surface area contributed by atoms with E-state index < -0.39 is 0 Å². The van der Waals surface area contributed by atoms with E-state index in [4.69, 9.17) is 4.74 Å². The molecule has 0 saturated heterocycles. The second-order valence-corrected chi connectivity index (χ2v) is 9.43. The van der Waals surface area contributed by atoms with Crippen molar-refractivity contribution in [1.29, 1.82) is 0 Å². The van der Waals surface area contributed by atoms with Crippen molar-refractivity contribution in [2.45, 2.75) is 45.6 Å². The SMILES string of the molecule is Cc1cc2c(cc1-n1cnc(C3C[C@@H]3C)c1)C(=O)Nc1cccc(n1)-c1nncn1CCCCO2. The highest BCUT2D eigenvalue weighted by atomic mass is 16.5. The molecule has 6 rings (SSSR count). The molecule has 3 aromatic heterocycles. The Balaban J connectivity index is 1.37. The number of carbonyl (C=O) groups is 1. The van der Waals surface area contributed by atoms with Crippen LogP contribution in [0.1, 0.15) is 53.7 Å². The second-order valence-electron chi connectivity index (χ2n) is 9.43. The Morgan fingerprint density at radius 3 is 2.91 bits per heavy atom. The lowest BCUT2D eigenvalue weighted by atomic mass is 10.1. The first kappa shape index (κ1) is 21.5. The van der Waals surface area contributed by atoms with Gasteiger partial charge in [-0.2, -0.15) is 0 Å². The van der Waals surface area contributed by atoms with Crippen LogP contribution >= 0.6 is 0 Å². The Kier molecular flexibility index (Phi) is 5.32. The van der Waals surface area contributed by atoms with Crippen molar-refractivity contribution >= 4 is 11.7 Å². The van der Waals surface area contributed by atoms with Crippen LogP contribution in [-0.2, 0) is 6.54 Å². The van der Waals surface area contributed by atoms with Crippen LogP contribution in [0.15, 0.2) is 49.2 Å². The average Bonchev–Trinajstić information content (AvgIpc) is 3.23. The number of rotatable bonds is 2. The summed E-state index contributed by atoms with van der Waals surface area (Å²) < 4.78 is 10.1. The predicted molar refractivity (Wildman–Crippen MR) is 131 cm³/mol. The van der Waals surface area contributed by atoms with Crippen LogP contribution in [0.3, 0.4) is 0 Å². The lowest BCUT2D eigenvalue weighted by Crippen LogP contribution is -2.17. The van der Waals surface area contributed by atoms with Crippen molar-refractivity contribution < 1.29 is 9.53 Å². The number of carbonyl (C=O) groups excluding carboxylic acids is 1. The van der Waals surface area contributed by atoms with Gasteiger partial charge in [-0.25, -0.2) is 9.97 Å². The summed E-state index contributed by atoms with van der Waals surface area (Å²) >= 11 is 0. The number of fused-ring (bicyclic) bond motifs is 5. The van der Waals surface area contributed by atoms with Gasteiger partial charge < -0.3 is 19.2 Å². The van der Waals surface area contributed by atoms with E-state index in [0.29, 0.717) is 47.1 Å². The fraction of sp³-hybridized carbons (Fsp3) is 0.346. The molecule has 2 atom stereocenters. The van der Waals surface area contributed by atoms with E-state index in [0.717, 1.165) is 36.3 Å². The summed E-state index contributed by atoms with van der Waals surface area (Å²) in [6, 6.07) is 9.32. The molecule has 1 N–H and O–H groups in total. The number of nitrogens with one attached hydrogen (secondary N) is 1. The lowest BCUT2D eigenvalue weighted by molar-refractivity contribution is 0.102. The third kappa shape index (κ3) is 4.18. The highest BCUT2D eigenvalue weighted by Crippen LogP contribution is 2.46. The molecule has 1 aliphatic carbocycles. The van der Waals surface area contributed by atoms with Gasteiger partial charge in [0.2, 0.25) is 0 Å². The smallest absolute Gasteiger partial charge is 0.260 e. The Bertz CT molecular complexity index is 1410. The largest absolute Gasteiger partial charge is 0.493 e. The lowest BCUT2D eigenvalue weighted by Gasteiger charge is -2.17. The second kappa shape index (κ2) is 8.65. The van der Waals surface area contributed by atoms with Gasteiger partial charge in [-0.05, 0) is 61.9 Å². The zero-order valence-electron chi connectivity index (χ0n) is 19.8. The van der Waals surface area contributed by atoms with Crippen LogP contribution in [-0.4, -0.2) is 41.8 Å². The summed E-state index contributed by atoms with van der Waals surface area (Å²) in [4.78, 5) is 22.7. The third-order valence-corrected chi connectivity index (χ3v) is 6.80. The first-order valence-corrected chi connectivity index (χ1v) is 12.0. The molecule has 1 amide bonds. The Morgan fingerprint density at radius 2 is 2.06 bits per heavy atom. The maximum atomic E-state index is 13.4. The minimum atomic E-state index is -0.277. The number of hydrogen-bond acceptors (Lipinski definition) is 6. The monoisotopic (exact) mass is 469 g/mol. The van der Waals surface area contributed by atoms with E-state index in [2.05, 4.69) is 38.6 Å². The standard InChI is InChI=1S/C26H27N7O2/c1-16-10-18(16)21-13-33(14-27-21)22-12-19-23(11-17(22)2)35-9-4-3-8-32-15-28-31-25(32)20-6-5-7-24(29-20)30-26(19)34/h5-7,11-16,18H,3-4,8-10H2,1-2H3,(H,29,30,34)/t16-,18?/m0/s1. The molecule has 2 bridgehead atoms. The molecule has 4 aromatic rings. The summed E-state index contributed by atoms with van der Waals surface area (Å²) in [6.07, 6.45) is 8.52. The number of imidazole rings is 1. The molecule has 1 fully saturated rings. The number of aromatic nitrogens is 6. The maximum absolute atomic E-state index is 13.4. The van der Waals surface area contributed by atoms with E-state index in [-0.39, 0.29) is 5.91 Å².